The van der Waals surface area contributed by atoms with E-state index < -0.39 is 36.6 Å². The van der Waals surface area contributed by atoms with E-state index in [4.69, 9.17) is 18.9 Å². The van der Waals surface area contributed by atoms with Gasteiger partial charge in [0, 0.05) is 25.0 Å². The van der Waals surface area contributed by atoms with Crippen LogP contribution in [0.25, 0.3) is 20.2 Å². The van der Waals surface area contributed by atoms with Crippen LogP contribution in [0.4, 0.5) is 0 Å². The first-order valence-corrected chi connectivity index (χ1v) is 18.7. The summed E-state index contributed by atoms with van der Waals surface area (Å²) in [6.07, 6.45) is -0.0155. The molecule has 0 amide bonds. The van der Waals surface area contributed by atoms with Gasteiger partial charge in [0.25, 0.3) is 0 Å². The number of carbonyl (C=O) groups excluding carboxylic acids is 2. The Morgan fingerprint density at radius 2 is 1.04 bits per heavy atom. The molecule has 10 nitrogen and oxygen atoms in total. The van der Waals surface area contributed by atoms with Gasteiger partial charge in [0.1, 0.15) is 45.6 Å². The van der Waals surface area contributed by atoms with E-state index >= 15 is 0 Å². The average Bonchev–Trinajstić information content (AvgIpc) is 3.85. The van der Waals surface area contributed by atoms with Crippen molar-refractivity contribution in [2.24, 2.45) is 0 Å². The van der Waals surface area contributed by atoms with E-state index in [0.717, 1.165) is 43.5 Å². The molecule has 2 N–H and O–H groups in total. The minimum atomic E-state index is -0.772. The van der Waals surface area contributed by atoms with Gasteiger partial charge in [0.05, 0.1) is 9.40 Å². The number of nitriles is 2. The zero-order valence-corrected chi connectivity index (χ0v) is 31.1. The Morgan fingerprint density at radius 1 is 0.630 bits per heavy atom. The van der Waals surface area contributed by atoms with Crippen molar-refractivity contribution < 1.29 is 28.5 Å². The highest BCUT2D eigenvalue weighted by Crippen LogP contribution is 2.38. The van der Waals surface area contributed by atoms with Gasteiger partial charge in [-0.05, 0) is 60.3 Å². The van der Waals surface area contributed by atoms with E-state index in [-0.39, 0.29) is 12.8 Å². The van der Waals surface area contributed by atoms with Crippen molar-refractivity contribution in [3.8, 4) is 23.6 Å². The molecule has 0 saturated heterocycles. The molecule has 6 rings (SSSR count). The van der Waals surface area contributed by atoms with Crippen LogP contribution in [0.15, 0.2) is 121 Å². The lowest BCUT2D eigenvalue weighted by Crippen LogP contribution is -2.34. The highest BCUT2D eigenvalue weighted by atomic mass is 32.1. The molecule has 0 bridgehead atoms. The zero-order chi connectivity index (χ0) is 37.9. The first-order chi connectivity index (χ1) is 26.4. The fourth-order valence-corrected chi connectivity index (χ4v) is 7.67. The summed E-state index contributed by atoms with van der Waals surface area (Å²) in [7, 11) is 3.34. The molecule has 4 aromatic carbocycles. The fraction of sp³-hybridized carbons (Fsp3) is 0.190. The second-order valence-electron chi connectivity index (χ2n) is 12.1. The number of nitrogens with one attached hydrogen (secondary N) is 2. The normalized spacial score (nSPS) is 13.4. The van der Waals surface area contributed by atoms with Crippen LogP contribution in [0.2, 0.25) is 0 Å². The summed E-state index contributed by atoms with van der Waals surface area (Å²) in [6.45, 7) is 0. The molecule has 0 fully saturated rings. The van der Waals surface area contributed by atoms with Crippen LogP contribution in [0.1, 0.15) is 45.9 Å². The van der Waals surface area contributed by atoms with E-state index in [0.29, 0.717) is 21.3 Å². The van der Waals surface area contributed by atoms with Gasteiger partial charge in [-0.3, -0.25) is 10.6 Å². The predicted octanol–water partition coefficient (Wildman–Crippen LogP) is 8.31. The monoisotopic (exact) mass is 756 g/mol. The number of hydrogen-bond donors (Lipinski definition) is 2. The van der Waals surface area contributed by atoms with Crippen molar-refractivity contribution in [1.29, 1.82) is 10.5 Å². The van der Waals surface area contributed by atoms with Crippen LogP contribution in [0.3, 0.4) is 0 Å². The van der Waals surface area contributed by atoms with Gasteiger partial charge >= 0.3 is 11.9 Å². The number of carbonyl (C=O) groups is 2. The molecular formula is C42H36N4O6S2. The number of fused-ring (bicyclic) bond motifs is 2. The summed E-state index contributed by atoms with van der Waals surface area (Å²) in [6, 6.07) is 38.5. The Kier molecular flexibility index (Phi) is 12.7. The first-order valence-electron chi connectivity index (χ1n) is 17.1. The summed E-state index contributed by atoms with van der Waals surface area (Å²) in [5.74, 6) is -0.256. The largest absolute Gasteiger partial charge is 0.484 e. The van der Waals surface area contributed by atoms with E-state index in [1.54, 1.807) is 14.1 Å². The maximum atomic E-state index is 13.0. The molecule has 0 aliphatic rings. The van der Waals surface area contributed by atoms with Crippen LogP contribution in [0, 0.1) is 22.7 Å². The number of hydrogen-bond acceptors (Lipinski definition) is 12. The third-order valence-electron chi connectivity index (χ3n) is 8.49. The van der Waals surface area contributed by atoms with Gasteiger partial charge < -0.3 is 18.9 Å². The summed E-state index contributed by atoms with van der Waals surface area (Å²) >= 11 is 2.71. The quantitative estimate of drug-likeness (QED) is 0.0563. The Morgan fingerprint density at radius 3 is 1.41 bits per heavy atom. The molecule has 2 heterocycles. The maximum Gasteiger partial charge on any atom is 0.332 e. The van der Waals surface area contributed by atoms with Gasteiger partial charge in [-0.1, -0.05) is 84.9 Å². The predicted molar refractivity (Wildman–Crippen MR) is 209 cm³/mol. The fourth-order valence-electron chi connectivity index (χ4n) is 5.85. The summed E-state index contributed by atoms with van der Waals surface area (Å²) < 4.78 is 26.1. The van der Waals surface area contributed by atoms with Crippen molar-refractivity contribution in [3.05, 3.63) is 142 Å². The van der Waals surface area contributed by atoms with Crippen molar-refractivity contribution in [1.82, 2.24) is 10.6 Å². The third kappa shape index (κ3) is 9.50. The molecule has 2 aromatic heterocycles. The smallest absolute Gasteiger partial charge is 0.332 e. The molecule has 54 heavy (non-hydrogen) atoms. The molecule has 4 atom stereocenters. The van der Waals surface area contributed by atoms with E-state index in [9.17, 15) is 20.1 Å². The van der Waals surface area contributed by atoms with Crippen LogP contribution < -0.4 is 20.1 Å². The van der Waals surface area contributed by atoms with E-state index in [1.807, 2.05) is 109 Å². The number of benzene rings is 4. The molecule has 12 heteroatoms. The topological polar surface area (TPSA) is 143 Å². The maximum absolute atomic E-state index is 13.0. The standard InChI is InChI=1S/C42H36N4O6S2/c1-45-37(23-35(27-11-5-3-6-12-27)49-33-17-9-15-29-21-31(25-43)53-41(29)33)51-39(47)19-20-40(48)52-38(46-2)24-36(28-13-7-4-8-14-28)50-34-18-10-16-30-22-32(26-44)54-42(30)34/h3-22,35-38,45-46H,23-24H2,1-2H3/b20-19+/t35-,36-,37?,38?/m1/s1. The van der Waals surface area contributed by atoms with Crippen LogP contribution >= 0.6 is 22.7 Å². The Labute approximate surface area is 320 Å². The molecule has 0 aliphatic heterocycles. The van der Waals surface area contributed by atoms with Crippen LogP contribution in [0.5, 0.6) is 11.5 Å². The minimum Gasteiger partial charge on any atom is -0.484 e. The number of thiophene rings is 2. The number of rotatable bonds is 16. The Balaban J connectivity index is 1.10. The SMILES string of the molecule is CNC(C[C@@H](Oc1cccc2cc(C#N)sc12)c1ccccc1)OC(=O)/C=C/C(=O)OC(C[C@@H](Oc1cccc2cc(C#N)sc12)c1ccccc1)NC. The van der Waals surface area contributed by atoms with Gasteiger partial charge in [-0.15, -0.1) is 22.7 Å². The molecular weight excluding hydrogens is 721 g/mol. The van der Waals surface area contributed by atoms with Gasteiger partial charge in [-0.25, -0.2) is 9.59 Å². The first kappa shape index (κ1) is 37.7. The van der Waals surface area contributed by atoms with Crippen molar-refractivity contribution in [3.63, 3.8) is 0 Å². The zero-order valence-electron chi connectivity index (χ0n) is 29.4. The van der Waals surface area contributed by atoms with E-state index in [1.165, 1.54) is 22.7 Å². The molecule has 2 unspecified atom stereocenters. The van der Waals surface area contributed by atoms with Crippen molar-refractivity contribution in [2.75, 3.05) is 14.1 Å². The summed E-state index contributed by atoms with van der Waals surface area (Å²) in [4.78, 5) is 27.1. The van der Waals surface area contributed by atoms with E-state index in [2.05, 4.69) is 22.8 Å². The molecule has 0 spiro atoms. The van der Waals surface area contributed by atoms with Gasteiger partial charge in [0.2, 0.25) is 0 Å². The van der Waals surface area contributed by atoms with Gasteiger partial charge in [-0.2, -0.15) is 10.5 Å². The number of esters is 2. The lowest BCUT2D eigenvalue weighted by Gasteiger charge is -2.25. The molecule has 6 aromatic rings. The average molecular weight is 757 g/mol. The molecule has 272 valence electrons. The lowest BCUT2D eigenvalue weighted by atomic mass is 10.1. The minimum absolute atomic E-state index is 0.247. The Hall–Kier alpha value is -6.02. The number of nitrogens with zero attached hydrogens (tertiary/aromatic N) is 2. The van der Waals surface area contributed by atoms with Crippen LogP contribution in [-0.4, -0.2) is 38.5 Å². The second kappa shape index (κ2) is 18.1. The second-order valence-corrected chi connectivity index (χ2v) is 14.2. The summed E-state index contributed by atoms with van der Waals surface area (Å²) in [5.41, 5.74) is 1.74. The highest BCUT2D eigenvalue weighted by Gasteiger charge is 2.25. The van der Waals surface area contributed by atoms with Crippen molar-refractivity contribution in [2.45, 2.75) is 37.5 Å². The molecule has 0 aliphatic carbocycles. The summed E-state index contributed by atoms with van der Waals surface area (Å²) in [5, 5.41) is 26.7. The highest BCUT2D eigenvalue weighted by molar-refractivity contribution is 7.20. The third-order valence-corrected chi connectivity index (χ3v) is 10.6. The lowest BCUT2D eigenvalue weighted by molar-refractivity contribution is -0.148. The van der Waals surface area contributed by atoms with Gasteiger partial charge in [0.15, 0.2) is 12.5 Å². The molecule has 0 saturated carbocycles. The molecule has 0 radical (unpaired) electrons. The Bertz CT molecular complexity index is 2160. The number of ether oxygens (including phenoxy) is 4. The van der Waals surface area contributed by atoms with Crippen LogP contribution in [-0.2, 0) is 19.1 Å². The van der Waals surface area contributed by atoms with Crippen molar-refractivity contribution >= 4 is 54.8 Å².